The quantitative estimate of drug-likeness (QED) is 0.0886. The van der Waals surface area contributed by atoms with Crippen LogP contribution in [0, 0.1) is 5.82 Å². The predicted octanol–water partition coefficient (Wildman–Crippen LogP) is 5.76. The van der Waals surface area contributed by atoms with E-state index in [1.54, 1.807) is 67.6 Å². The molecule has 0 fully saturated rings. The molecule has 4 rings (SSSR count). The van der Waals surface area contributed by atoms with Gasteiger partial charge in [-0.2, -0.15) is 0 Å². The van der Waals surface area contributed by atoms with Crippen molar-refractivity contribution in [1.29, 1.82) is 0 Å². The Morgan fingerprint density at radius 2 is 1.53 bits per heavy atom. The van der Waals surface area contributed by atoms with E-state index in [1.165, 1.54) is 48.2 Å². The van der Waals surface area contributed by atoms with Crippen molar-refractivity contribution >= 4 is 52.9 Å². The summed E-state index contributed by atoms with van der Waals surface area (Å²) in [4.78, 5) is 50.8. The van der Waals surface area contributed by atoms with Crippen LogP contribution < -0.4 is 16.0 Å². The highest BCUT2D eigenvalue weighted by Gasteiger charge is 2.19. The van der Waals surface area contributed by atoms with Crippen molar-refractivity contribution in [3.05, 3.63) is 125 Å². The number of hydrogen-bond donors (Lipinski definition) is 5. The molecule has 9 nitrogen and oxygen atoms in total. The second-order valence-corrected chi connectivity index (χ2v) is 10.6. The van der Waals surface area contributed by atoms with E-state index in [0.29, 0.717) is 16.1 Å². The maximum atomic E-state index is 14.4. The first kappa shape index (κ1) is 30.5. The summed E-state index contributed by atoms with van der Waals surface area (Å²) in [5.41, 5.74) is 0.464. The standard InChI is InChI=1S/C32H26FN3O6S/c1-19(29(38)34-23-14-15-28(37)25(18-23)32(41)42)43-24-12-7-11-22(17-24)35-31(40)27(16-21-10-5-6-13-26(21)33)36-30(39)20-8-3-2-4-9-20/h2-19,37H,1H3,(H,34,38)(H,35,40)(H,36,39)(H,41,42)/b27-16-. The molecule has 5 N–H and O–H groups in total. The summed E-state index contributed by atoms with van der Waals surface area (Å²) in [6.45, 7) is 1.65. The molecule has 0 saturated carbocycles. The van der Waals surface area contributed by atoms with Gasteiger partial charge >= 0.3 is 5.97 Å². The van der Waals surface area contributed by atoms with E-state index in [1.807, 2.05) is 0 Å². The number of halogens is 1. The number of nitrogens with one attached hydrogen (secondary N) is 3. The van der Waals surface area contributed by atoms with Gasteiger partial charge in [0.15, 0.2) is 0 Å². The SMILES string of the molecule is CC(Sc1cccc(NC(=O)/C(=C/c2ccccc2F)NC(=O)c2ccccc2)c1)C(=O)Nc1ccc(O)c(C(=O)O)c1. The predicted molar refractivity (Wildman–Crippen MR) is 162 cm³/mol. The van der Waals surface area contributed by atoms with Gasteiger partial charge in [0.1, 0.15) is 22.8 Å². The van der Waals surface area contributed by atoms with Crippen molar-refractivity contribution in [2.45, 2.75) is 17.1 Å². The lowest BCUT2D eigenvalue weighted by Gasteiger charge is -2.14. The molecule has 0 bridgehead atoms. The van der Waals surface area contributed by atoms with Crippen LogP contribution in [-0.2, 0) is 9.59 Å². The first-order valence-corrected chi connectivity index (χ1v) is 13.8. The zero-order chi connectivity index (χ0) is 30.9. The maximum absolute atomic E-state index is 14.4. The minimum Gasteiger partial charge on any atom is -0.507 e. The molecular formula is C32H26FN3O6S. The largest absolute Gasteiger partial charge is 0.507 e. The molecule has 4 aromatic carbocycles. The number of phenols is 1. The van der Waals surface area contributed by atoms with Crippen molar-refractivity contribution < 1.29 is 33.8 Å². The number of anilines is 2. The van der Waals surface area contributed by atoms with Crippen LogP contribution in [0.25, 0.3) is 6.08 Å². The highest BCUT2D eigenvalue weighted by molar-refractivity contribution is 8.00. The van der Waals surface area contributed by atoms with Gasteiger partial charge in [0.2, 0.25) is 5.91 Å². The van der Waals surface area contributed by atoms with Crippen LogP contribution in [0.1, 0.15) is 33.2 Å². The van der Waals surface area contributed by atoms with Crippen molar-refractivity contribution in [2.24, 2.45) is 0 Å². The lowest BCUT2D eigenvalue weighted by Crippen LogP contribution is -2.30. The third kappa shape index (κ3) is 8.30. The highest BCUT2D eigenvalue weighted by atomic mass is 32.2. The molecule has 0 saturated heterocycles. The maximum Gasteiger partial charge on any atom is 0.339 e. The van der Waals surface area contributed by atoms with Crippen LogP contribution in [0.4, 0.5) is 15.8 Å². The number of rotatable bonds is 10. The van der Waals surface area contributed by atoms with Crippen molar-refractivity contribution in [2.75, 3.05) is 10.6 Å². The number of thioether (sulfide) groups is 1. The summed E-state index contributed by atoms with van der Waals surface area (Å²) >= 11 is 1.18. The molecule has 1 atom stereocenters. The third-order valence-corrected chi connectivity index (χ3v) is 7.10. The van der Waals surface area contributed by atoms with Crippen LogP contribution in [0.3, 0.4) is 0 Å². The van der Waals surface area contributed by atoms with Gasteiger partial charge in [-0.1, -0.05) is 42.5 Å². The van der Waals surface area contributed by atoms with Crippen LogP contribution in [-0.4, -0.2) is 39.2 Å². The van der Waals surface area contributed by atoms with Crippen LogP contribution in [0.5, 0.6) is 5.75 Å². The Balaban J connectivity index is 1.48. The van der Waals surface area contributed by atoms with Crippen molar-refractivity contribution in [1.82, 2.24) is 5.32 Å². The lowest BCUT2D eigenvalue weighted by atomic mass is 10.1. The fourth-order valence-corrected chi connectivity index (χ4v) is 4.75. The van der Waals surface area contributed by atoms with E-state index in [9.17, 15) is 33.8 Å². The smallest absolute Gasteiger partial charge is 0.339 e. The van der Waals surface area contributed by atoms with Crippen molar-refractivity contribution in [3.8, 4) is 5.75 Å². The lowest BCUT2D eigenvalue weighted by molar-refractivity contribution is -0.115. The topological polar surface area (TPSA) is 145 Å². The normalized spacial score (nSPS) is 11.7. The number of aromatic hydroxyl groups is 1. The van der Waals surface area contributed by atoms with Crippen LogP contribution >= 0.6 is 11.8 Å². The molecule has 0 spiro atoms. The molecule has 3 amide bonds. The van der Waals surface area contributed by atoms with E-state index in [2.05, 4.69) is 16.0 Å². The van der Waals surface area contributed by atoms with Gasteiger partial charge in [-0.15, -0.1) is 11.8 Å². The Bertz CT molecular complexity index is 1710. The zero-order valence-corrected chi connectivity index (χ0v) is 23.5. The van der Waals surface area contributed by atoms with E-state index in [-0.39, 0.29) is 22.5 Å². The molecule has 43 heavy (non-hydrogen) atoms. The zero-order valence-electron chi connectivity index (χ0n) is 22.7. The molecule has 1 unspecified atom stereocenters. The summed E-state index contributed by atoms with van der Waals surface area (Å²) in [6.07, 6.45) is 1.25. The Morgan fingerprint density at radius 3 is 2.26 bits per heavy atom. The number of carboxylic acid groups (broad SMARTS) is 1. The Morgan fingerprint density at radius 1 is 0.837 bits per heavy atom. The Labute approximate surface area is 250 Å². The van der Waals surface area contributed by atoms with E-state index in [4.69, 9.17) is 0 Å². The number of carboxylic acids is 1. The van der Waals surface area contributed by atoms with Gasteiger partial charge < -0.3 is 26.2 Å². The van der Waals surface area contributed by atoms with E-state index in [0.717, 1.165) is 6.07 Å². The summed E-state index contributed by atoms with van der Waals surface area (Å²) in [7, 11) is 0. The average molecular weight is 600 g/mol. The fourth-order valence-electron chi connectivity index (χ4n) is 3.82. The molecule has 0 aliphatic heterocycles. The fraction of sp³-hybridized carbons (Fsp3) is 0.0625. The van der Waals surface area contributed by atoms with Crippen LogP contribution in [0.2, 0.25) is 0 Å². The van der Waals surface area contributed by atoms with Gasteiger partial charge in [0, 0.05) is 27.4 Å². The second-order valence-electron chi connectivity index (χ2n) is 9.17. The van der Waals surface area contributed by atoms with Crippen LogP contribution in [0.15, 0.2) is 108 Å². The van der Waals surface area contributed by atoms with Gasteiger partial charge in [-0.25, -0.2) is 9.18 Å². The van der Waals surface area contributed by atoms with Gasteiger partial charge in [-0.3, -0.25) is 14.4 Å². The van der Waals surface area contributed by atoms with Crippen molar-refractivity contribution in [3.63, 3.8) is 0 Å². The van der Waals surface area contributed by atoms with E-state index >= 15 is 0 Å². The molecule has 0 aliphatic carbocycles. The molecular weight excluding hydrogens is 573 g/mol. The van der Waals surface area contributed by atoms with Gasteiger partial charge in [0.25, 0.3) is 11.8 Å². The molecule has 0 aromatic heterocycles. The first-order valence-electron chi connectivity index (χ1n) is 12.9. The molecule has 4 aromatic rings. The Hall–Kier alpha value is -5.42. The summed E-state index contributed by atoms with van der Waals surface area (Å²) in [5, 5.41) is 26.1. The number of carbonyl (C=O) groups excluding carboxylic acids is 3. The number of carbonyl (C=O) groups is 4. The number of hydrogen-bond acceptors (Lipinski definition) is 6. The minimum atomic E-state index is -1.33. The summed E-state index contributed by atoms with van der Waals surface area (Å²) in [5.74, 6) is -3.98. The molecule has 11 heteroatoms. The van der Waals surface area contributed by atoms with Gasteiger partial charge in [-0.05, 0) is 67.6 Å². The van der Waals surface area contributed by atoms with Gasteiger partial charge in [0.05, 0.1) is 5.25 Å². The monoisotopic (exact) mass is 599 g/mol. The molecule has 0 heterocycles. The Kier molecular flexibility index (Phi) is 9.92. The number of amides is 3. The molecule has 0 aliphatic rings. The first-order chi connectivity index (χ1) is 20.6. The number of aromatic carboxylic acids is 1. The molecule has 0 radical (unpaired) electrons. The highest BCUT2D eigenvalue weighted by Crippen LogP contribution is 2.28. The van der Waals surface area contributed by atoms with E-state index < -0.39 is 40.5 Å². The molecule has 218 valence electrons. The second kappa shape index (κ2) is 14.0. The average Bonchev–Trinajstić information content (AvgIpc) is 2.99. The third-order valence-electron chi connectivity index (χ3n) is 6.00. The minimum absolute atomic E-state index is 0.106. The summed E-state index contributed by atoms with van der Waals surface area (Å²) in [6, 6.07) is 24.5. The number of benzene rings is 4. The summed E-state index contributed by atoms with van der Waals surface area (Å²) < 4.78 is 14.4.